The van der Waals surface area contributed by atoms with Gasteiger partial charge in [-0.15, -0.1) is 11.3 Å². The molecule has 2 amide bonds. The molecule has 3 N–H and O–H groups in total. The summed E-state index contributed by atoms with van der Waals surface area (Å²) in [5, 5.41) is 11.6. The normalized spacial score (nSPS) is 16.4. The van der Waals surface area contributed by atoms with E-state index in [4.69, 9.17) is 0 Å². The predicted molar refractivity (Wildman–Crippen MR) is 102 cm³/mol. The summed E-state index contributed by atoms with van der Waals surface area (Å²) in [6.45, 7) is 4.52. The highest BCUT2D eigenvalue weighted by Crippen LogP contribution is 2.42. The summed E-state index contributed by atoms with van der Waals surface area (Å²) in [5.74, 6) is 0.0245. The van der Waals surface area contributed by atoms with Crippen molar-refractivity contribution in [2.75, 3.05) is 25.0 Å². The Balaban J connectivity index is 1.83. The second-order valence-corrected chi connectivity index (χ2v) is 7.79. The van der Waals surface area contributed by atoms with Crippen LogP contribution in [0, 0.1) is 5.41 Å². The first-order valence-corrected chi connectivity index (χ1v) is 10.2. The molecule has 0 saturated heterocycles. The summed E-state index contributed by atoms with van der Waals surface area (Å²) >= 11 is 1.41. The third-order valence-electron chi connectivity index (χ3n) is 4.71. The number of anilines is 1. The van der Waals surface area contributed by atoms with Gasteiger partial charge >= 0.3 is 0 Å². The van der Waals surface area contributed by atoms with Crippen LogP contribution in [0.25, 0.3) is 0 Å². The molecule has 1 heterocycles. The van der Waals surface area contributed by atoms with Crippen molar-refractivity contribution in [1.29, 1.82) is 0 Å². The molecule has 140 valence electrons. The number of nitrogens with one attached hydrogen (secondary N) is 3. The second-order valence-electron chi connectivity index (χ2n) is 6.90. The standard InChI is InChI=1S/C18H30N4O2S/c1-2-8-19-9-10-20-15(23)13-18(6-4-3-5-7-18)14-16(24)22-17-21-11-12-25-17/h11-12,19H,2-10,13-14H2,1H3,(H,20,23)(H,21,22,24). The van der Waals surface area contributed by atoms with E-state index in [1.54, 1.807) is 6.20 Å². The molecule has 1 saturated carbocycles. The molecule has 0 atom stereocenters. The van der Waals surface area contributed by atoms with Gasteiger partial charge in [0.2, 0.25) is 11.8 Å². The molecule has 0 spiro atoms. The van der Waals surface area contributed by atoms with Gasteiger partial charge in [0, 0.05) is 37.5 Å². The zero-order valence-electron chi connectivity index (χ0n) is 15.1. The maximum Gasteiger partial charge on any atom is 0.226 e. The van der Waals surface area contributed by atoms with E-state index in [0.717, 1.165) is 45.2 Å². The Bertz CT molecular complexity index is 527. The number of thiazole rings is 1. The molecular formula is C18H30N4O2S. The van der Waals surface area contributed by atoms with Crippen LogP contribution in [-0.4, -0.2) is 36.4 Å². The van der Waals surface area contributed by atoms with Crippen LogP contribution in [0.1, 0.15) is 58.3 Å². The van der Waals surface area contributed by atoms with Gasteiger partial charge in [-0.05, 0) is 31.2 Å². The number of hydrogen-bond donors (Lipinski definition) is 3. The van der Waals surface area contributed by atoms with Gasteiger partial charge in [-0.2, -0.15) is 0 Å². The van der Waals surface area contributed by atoms with Crippen molar-refractivity contribution in [2.45, 2.75) is 58.3 Å². The van der Waals surface area contributed by atoms with Crippen LogP contribution in [0.5, 0.6) is 0 Å². The van der Waals surface area contributed by atoms with E-state index in [2.05, 4.69) is 27.9 Å². The number of rotatable bonds is 10. The predicted octanol–water partition coefficient (Wildman–Crippen LogP) is 2.93. The monoisotopic (exact) mass is 366 g/mol. The fourth-order valence-electron chi connectivity index (χ4n) is 3.50. The fourth-order valence-corrected chi connectivity index (χ4v) is 4.05. The molecular weight excluding hydrogens is 336 g/mol. The molecule has 6 nitrogen and oxygen atoms in total. The minimum Gasteiger partial charge on any atom is -0.355 e. The van der Waals surface area contributed by atoms with Crippen molar-refractivity contribution in [3.8, 4) is 0 Å². The highest BCUT2D eigenvalue weighted by molar-refractivity contribution is 7.13. The lowest BCUT2D eigenvalue weighted by Crippen LogP contribution is -2.38. The minimum atomic E-state index is -0.208. The molecule has 0 radical (unpaired) electrons. The second kappa shape index (κ2) is 10.5. The molecule has 25 heavy (non-hydrogen) atoms. The van der Waals surface area contributed by atoms with Crippen molar-refractivity contribution in [3.05, 3.63) is 11.6 Å². The Morgan fingerprint density at radius 1 is 1.12 bits per heavy atom. The molecule has 0 bridgehead atoms. The summed E-state index contributed by atoms with van der Waals surface area (Å²) in [5.41, 5.74) is -0.208. The summed E-state index contributed by atoms with van der Waals surface area (Å²) in [7, 11) is 0. The van der Waals surface area contributed by atoms with Crippen molar-refractivity contribution >= 4 is 28.3 Å². The maximum atomic E-state index is 12.4. The van der Waals surface area contributed by atoms with Gasteiger partial charge in [-0.1, -0.05) is 26.2 Å². The fraction of sp³-hybridized carbons (Fsp3) is 0.722. The number of carbonyl (C=O) groups excluding carboxylic acids is 2. The molecule has 1 aromatic heterocycles. The number of nitrogens with zero attached hydrogens (tertiary/aromatic N) is 1. The van der Waals surface area contributed by atoms with Gasteiger partial charge in [-0.25, -0.2) is 4.98 Å². The Hall–Kier alpha value is -1.47. The van der Waals surface area contributed by atoms with Gasteiger partial charge < -0.3 is 16.0 Å². The van der Waals surface area contributed by atoms with Gasteiger partial charge in [0.25, 0.3) is 0 Å². The maximum absolute atomic E-state index is 12.4. The highest BCUT2D eigenvalue weighted by Gasteiger charge is 2.36. The average Bonchev–Trinajstić information content (AvgIpc) is 3.08. The van der Waals surface area contributed by atoms with E-state index in [9.17, 15) is 9.59 Å². The van der Waals surface area contributed by atoms with E-state index < -0.39 is 0 Å². The SMILES string of the molecule is CCCNCCNC(=O)CC1(CC(=O)Nc2nccs2)CCCCC1. The number of carbonyl (C=O) groups is 2. The van der Waals surface area contributed by atoms with E-state index in [1.165, 1.54) is 17.8 Å². The number of aromatic nitrogens is 1. The van der Waals surface area contributed by atoms with Crippen molar-refractivity contribution in [3.63, 3.8) is 0 Å². The lowest BCUT2D eigenvalue weighted by atomic mass is 9.69. The van der Waals surface area contributed by atoms with Gasteiger partial charge in [0.15, 0.2) is 5.13 Å². The lowest BCUT2D eigenvalue weighted by molar-refractivity contribution is -0.125. The molecule has 0 aliphatic heterocycles. The molecule has 1 aliphatic rings. The summed E-state index contributed by atoms with van der Waals surface area (Å²) in [4.78, 5) is 28.9. The first kappa shape index (κ1) is 19.8. The van der Waals surface area contributed by atoms with Gasteiger partial charge in [0.05, 0.1) is 0 Å². The zero-order valence-corrected chi connectivity index (χ0v) is 15.9. The third-order valence-corrected chi connectivity index (χ3v) is 5.40. The quantitative estimate of drug-likeness (QED) is 0.556. The topological polar surface area (TPSA) is 83.1 Å². The first-order valence-electron chi connectivity index (χ1n) is 9.30. The molecule has 7 heteroatoms. The molecule has 1 aromatic rings. The van der Waals surface area contributed by atoms with E-state index >= 15 is 0 Å². The number of amides is 2. The first-order chi connectivity index (χ1) is 12.1. The van der Waals surface area contributed by atoms with Crippen LogP contribution in [0.3, 0.4) is 0 Å². The van der Waals surface area contributed by atoms with Crippen LogP contribution in [-0.2, 0) is 9.59 Å². The molecule has 1 fully saturated rings. The molecule has 0 aromatic carbocycles. The van der Waals surface area contributed by atoms with Crippen molar-refractivity contribution in [1.82, 2.24) is 15.6 Å². The Morgan fingerprint density at radius 3 is 2.56 bits per heavy atom. The molecule has 2 rings (SSSR count). The number of hydrogen-bond acceptors (Lipinski definition) is 5. The van der Waals surface area contributed by atoms with Crippen LogP contribution in [0.15, 0.2) is 11.6 Å². The zero-order chi connectivity index (χ0) is 18.0. The van der Waals surface area contributed by atoms with E-state index in [0.29, 0.717) is 24.5 Å². The highest BCUT2D eigenvalue weighted by atomic mass is 32.1. The van der Waals surface area contributed by atoms with Crippen LogP contribution >= 0.6 is 11.3 Å². The summed E-state index contributed by atoms with van der Waals surface area (Å²) < 4.78 is 0. The van der Waals surface area contributed by atoms with Crippen LogP contribution < -0.4 is 16.0 Å². The Kier molecular flexibility index (Phi) is 8.34. The minimum absolute atomic E-state index is 0.0331. The third kappa shape index (κ3) is 7.12. The van der Waals surface area contributed by atoms with Gasteiger partial charge in [-0.3, -0.25) is 9.59 Å². The van der Waals surface area contributed by atoms with Crippen LogP contribution in [0.4, 0.5) is 5.13 Å². The largest absolute Gasteiger partial charge is 0.355 e. The van der Waals surface area contributed by atoms with Crippen molar-refractivity contribution < 1.29 is 9.59 Å². The lowest BCUT2D eigenvalue weighted by Gasteiger charge is -2.36. The van der Waals surface area contributed by atoms with Crippen LogP contribution in [0.2, 0.25) is 0 Å². The Morgan fingerprint density at radius 2 is 1.88 bits per heavy atom. The average molecular weight is 367 g/mol. The van der Waals surface area contributed by atoms with E-state index in [1.807, 2.05) is 5.38 Å². The van der Waals surface area contributed by atoms with Crippen molar-refractivity contribution in [2.24, 2.45) is 5.41 Å². The van der Waals surface area contributed by atoms with Gasteiger partial charge in [0.1, 0.15) is 0 Å². The van der Waals surface area contributed by atoms with E-state index in [-0.39, 0.29) is 17.2 Å². The Labute approximate surface area is 154 Å². The molecule has 0 unspecified atom stereocenters. The molecule has 1 aliphatic carbocycles. The smallest absolute Gasteiger partial charge is 0.226 e. The summed E-state index contributed by atoms with van der Waals surface area (Å²) in [6.07, 6.45) is 8.87. The summed E-state index contributed by atoms with van der Waals surface area (Å²) in [6, 6.07) is 0.